The predicted molar refractivity (Wildman–Crippen MR) is 78.9 cm³/mol. The Balaban J connectivity index is 2.87. The standard InChI is InChI=1S/C15H23FN2O3/c1-9(8-17)5-15(19)18-10(2)11-6-13(20-3)14(21-4)7-12(11)16/h6-7,9-10H,5,8,17H2,1-4H3,(H,18,19)/t9-,10-/m0/s1. The number of amides is 1. The molecule has 1 aromatic carbocycles. The minimum atomic E-state index is -0.470. The zero-order chi connectivity index (χ0) is 16.0. The molecule has 118 valence electrons. The summed E-state index contributed by atoms with van der Waals surface area (Å²) in [5.74, 6) is 0.216. The van der Waals surface area contributed by atoms with Gasteiger partial charge in [0.1, 0.15) is 5.82 Å². The smallest absolute Gasteiger partial charge is 0.220 e. The van der Waals surface area contributed by atoms with Crippen LogP contribution >= 0.6 is 0 Å². The highest BCUT2D eigenvalue weighted by Crippen LogP contribution is 2.32. The molecule has 0 bridgehead atoms. The second-order valence-electron chi connectivity index (χ2n) is 5.06. The molecule has 0 radical (unpaired) electrons. The Hall–Kier alpha value is -1.82. The number of rotatable bonds is 7. The number of carbonyl (C=O) groups is 1. The number of ether oxygens (including phenoxy) is 2. The van der Waals surface area contributed by atoms with Crippen LogP contribution in [0.1, 0.15) is 31.9 Å². The van der Waals surface area contributed by atoms with Crippen LogP contribution in [-0.2, 0) is 4.79 Å². The molecule has 3 N–H and O–H groups in total. The van der Waals surface area contributed by atoms with E-state index in [1.807, 2.05) is 6.92 Å². The van der Waals surface area contributed by atoms with Gasteiger partial charge < -0.3 is 20.5 Å². The quantitative estimate of drug-likeness (QED) is 0.807. The first kappa shape index (κ1) is 17.2. The summed E-state index contributed by atoms with van der Waals surface area (Å²) in [5.41, 5.74) is 5.83. The third-order valence-corrected chi connectivity index (χ3v) is 3.28. The normalized spacial score (nSPS) is 13.4. The van der Waals surface area contributed by atoms with Crippen molar-refractivity contribution < 1.29 is 18.7 Å². The van der Waals surface area contributed by atoms with E-state index in [1.165, 1.54) is 26.4 Å². The molecule has 0 heterocycles. The number of nitrogens with one attached hydrogen (secondary N) is 1. The molecule has 0 fully saturated rings. The maximum Gasteiger partial charge on any atom is 0.220 e. The first-order chi connectivity index (χ1) is 9.92. The molecular formula is C15H23FN2O3. The van der Waals surface area contributed by atoms with Crippen LogP contribution in [0.15, 0.2) is 12.1 Å². The number of nitrogens with two attached hydrogens (primary N) is 1. The van der Waals surface area contributed by atoms with Gasteiger partial charge in [0, 0.05) is 18.1 Å². The highest BCUT2D eigenvalue weighted by molar-refractivity contribution is 5.76. The van der Waals surface area contributed by atoms with Gasteiger partial charge in [0.2, 0.25) is 5.91 Å². The van der Waals surface area contributed by atoms with Crippen molar-refractivity contribution in [2.45, 2.75) is 26.3 Å². The number of benzene rings is 1. The molecular weight excluding hydrogens is 275 g/mol. The van der Waals surface area contributed by atoms with E-state index >= 15 is 0 Å². The van der Waals surface area contributed by atoms with E-state index < -0.39 is 11.9 Å². The first-order valence-corrected chi connectivity index (χ1v) is 6.83. The summed E-state index contributed by atoms with van der Waals surface area (Å²) in [6.45, 7) is 4.04. The van der Waals surface area contributed by atoms with Gasteiger partial charge in [-0.05, 0) is 25.5 Å². The van der Waals surface area contributed by atoms with Crippen molar-refractivity contribution in [2.24, 2.45) is 11.7 Å². The lowest BCUT2D eigenvalue weighted by Gasteiger charge is -2.18. The van der Waals surface area contributed by atoms with Crippen LogP contribution in [0, 0.1) is 11.7 Å². The molecule has 1 aromatic rings. The van der Waals surface area contributed by atoms with Crippen LogP contribution in [0.5, 0.6) is 11.5 Å². The van der Waals surface area contributed by atoms with E-state index in [0.29, 0.717) is 30.0 Å². The van der Waals surface area contributed by atoms with E-state index in [-0.39, 0.29) is 11.8 Å². The van der Waals surface area contributed by atoms with Crippen molar-refractivity contribution in [3.63, 3.8) is 0 Å². The van der Waals surface area contributed by atoms with Crippen molar-refractivity contribution >= 4 is 5.91 Å². The molecule has 0 aliphatic heterocycles. The number of halogens is 1. The minimum Gasteiger partial charge on any atom is -0.493 e. The van der Waals surface area contributed by atoms with Gasteiger partial charge in [-0.25, -0.2) is 4.39 Å². The predicted octanol–water partition coefficient (Wildman–Crippen LogP) is 2.00. The summed E-state index contributed by atoms with van der Waals surface area (Å²) in [4.78, 5) is 11.8. The topological polar surface area (TPSA) is 73.6 Å². The Bertz CT molecular complexity index is 494. The lowest BCUT2D eigenvalue weighted by atomic mass is 10.0. The summed E-state index contributed by atoms with van der Waals surface area (Å²) in [5, 5.41) is 2.76. The molecule has 2 atom stereocenters. The molecule has 1 rings (SSSR count). The van der Waals surface area contributed by atoms with Crippen LogP contribution in [-0.4, -0.2) is 26.7 Å². The number of methoxy groups -OCH3 is 2. The summed E-state index contributed by atoms with van der Waals surface area (Å²) in [6.07, 6.45) is 0.315. The summed E-state index contributed by atoms with van der Waals surface area (Å²) >= 11 is 0. The van der Waals surface area contributed by atoms with Gasteiger partial charge in [-0.1, -0.05) is 6.92 Å². The number of hydrogen-bond acceptors (Lipinski definition) is 4. The summed E-state index contributed by atoms with van der Waals surface area (Å²) in [6, 6.07) is 2.31. The first-order valence-electron chi connectivity index (χ1n) is 6.83. The van der Waals surface area contributed by atoms with Crippen molar-refractivity contribution in [3.8, 4) is 11.5 Å². The lowest BCUT2D eigenvalue weighted by molar-refractivity contribution is -0.122. The molecule has 21 heavy (non-hydrogen) atoms. The van der Waals surface area contributed by atoms with Crippen LogP contribution in [0.2, 0.25) is 0 Å². The summed E-state index contributed by atoms with van der Waals surface area (Å²) < 4.78 is 24.3. The number of hydrogen-bond donors (Lipinski definition) is 2. The maximum absolute atomic E-state index is 14.1. The average molecular weight is 298 g/mol. The van der Waals surface area contributed by atoms with Crippen molar-refractivity contribution in [1.82, 2.24) is 5.32 Å². The summed E-state index contributed by atoms with van der Waals surface area (Å²) in [7, 11) is 2.92. The Morgan fingerprint density at radius 3 is 2.38 bits per heavy atom. The molecule has 5 nitrogen and oxygen atoms in total. The van der Waals surface area contributed by atoms with Gasteiger partial charge >= 0.3 is 0 Å². The van der Waals surface area contributed by atoms with Gasteiger partial charge in [-0.2, -0.15) is 0 Å². The van der Waals surface area contributed by atoms with Gasteiger partial charge in [-0.15, -0.1) is 0 Å². The molecule has 6 heteroatoms. The molecule has 0 saturated carbocycles. The van der Waals surface area contributed by atoms with E-state index in [4.69, 9.17) is 15.2 Å². The monoisotopic (exact) mass is 298 g/mol. The highest BCUT2D eigenvalue weighted by atomic mass is 19.1. The minimum absolute atomic E-state index is 0.0902. The van der Waals surface area contributed by atoms with E-state index in [0.717, 1.165) is 0 Å². The molecule has 0 saturated heterocycles. The fourth-order valence-corrected chi connectivity index (χ4v) is 1.98. The third-order valence-electron chi connectivity index (χ3n) is 3.28. The third kappa shape index (κ3) is 4.60. The van der Waals surface area contributed by atoms with Crippen molar-refractivity contribution in [1.29, 1.82) is 0 Å². The molecule has 1 amide bonds. The van der Waals surface area contributed by atoms with Gasteiger partial charge in [0.25, 0.3) is 0 Å². The second-order valence-corrected chi connectivity index (χ2v) is 5.06. The van der Waals surface area contributed by atoms with E-state index in [2.05, 4.69) is 5.32 Å². The zero-order valence-electron chi connectivity index (χ0n) is 12.9. The Morgan fingerprint density at radius 2 is 1.86 bits per heavy atom. The van der Waals surface area contributed by atoms with Gasteiger partial charge in [0.15, 0.2) is 11.5 Å². The van der Waals surface area contributed by atoms with E-state index in [9.17, 15) is 9.18 Å². The highest BCUT2D eigenvalue weighted by Gasteiger charge is 2.18. The molecule has 0 aliphatic rings. The van der Waals surface area contributed by atoms with Gasteiger partial charge in [-0.3, -0.25) is 4.79 Å². The number of carbonyl (C=O) groups excluding carboxylic acids is 1. The van der Waals surface area contributed by atoms with Crippen molar-refractivity contribution in [2.75, 3.05) is 20.8 Å². The SMILES string of the molecule is COc1cc(F)c([C@H](C)NC(=O)C[C@H](C)CN)cc1OC. The van der Waals surface area contributed by atoms with E-state index in [1.54, 1.807) is 6.92 Å². The maximum atomic E-state index is 14.1. The Morgan fingerprint density at radius 1 is 1.29 bits per heavy atom. The average Bonchev–Trinajstić information content (AvgIpc) is 2.46. The van der Waals surface area contributed by atoms with Crippen LogP contribution in [0.3, 0.4) is 0 Å². The lowest BCUT2D eigenvalue weighted by Crippen LogP contribution is -2.30. The largest absolute Gasteiger partial charge is 0.493 e. The molecule has 0 unspecified atom stereocenters. The molecule has 0 aromatic heterocycles. The van der Waals surface area contributed by atoms with Gasteiger partial charge in [0.05, 0.1) is 20.3 Å². The zero-order valence-corrected chi connectivity index (χ0v) is 12.9. The fraction of sp³-hybridized carbons (Fsp3) is 0.533. The second kappa shape index (κ2) is 7.83. The Kier molecular flexibility index (Phi) is 6.42. The van der Waals surface area contributed by atoms with Crippen LogP contribution in [0.4, 0.5) is 4.39 Å². The molecule has 0 aliphatic carbocycles. The van der Waals surface area contributed by atoms with Crippen LogP contribution < -0.4 is 20.5 Å². The molecule has 0 spiro atoms. The Labute approximate surface area is 124 Å². The van der Waals surface area contributed by atoms with Crippen molar-refractivity contribution in [3.05, 3.63) is 23.5 Å². The van der Waals surface area contributed by atoms with Crippen LogP contribution in [0.25, 0.3) is 0 Å². The fourth-order valence-electron chi connectivity index (χ4n) is 1.98.